The summed E-state index contributed by atoms with van der Waals surface area (Å²) in [6, 6.07) is 8.36. The molecule has 0 atom stereocenters. The number of nitrogens with zero attached hydrogens (tertiary/aromatic N) is 1. The number of hydrogen-bond acceptors (Lipinski definition) is 2. The predicted molar refractivity (Wildman–Crippen MR) is 60.9 cm³/mol. The lowest BCUT2D eigenvalue weighted by molar-refractivity contribution is 0.399. The first-order valence-corrected chi connectivity index (χ1v) is 4.98. The van der Waals surface area contributed by atoms with Crippen LogP contribution in [0.4, 0.5) is 4.39 Å². The molecule has 2 nitrogen and oxygen atoms in total. The van der Waals surface area contributed by atoms with Gasteiger partial charge in [-0.2, -0.15) is 0 Å². The van der Waals surface area contributed by atoms with Crippen molar-refractivity contribution in [2.45, 2.75) is 6.92 Å². The van der Waals surface area contributed by atoms with Gasteiger partial charge in [-0.05, 0) is 42.3 Å². The topological polar surface area (TPSA) is 22.1 Å². The van der Waals surface area contributed by atoms with Gasteiger partial charge in [-0.25, -0.2) is 9.37 Å². The van der Waals surface area contributed by atoms with Gasteiger partial charge in [0.05, 0.1) is 7.11 Å². The fourth-order valence-electron chi connectivity index (χ4n) is 1.64. The summed E-state index contributed by atoms with van der Waals surface area (Å²) in [4.78, 5) is 4.10. The number of hydrogen-bond donors (Lipinski definition) is 0. The number of ether oxygens (including phenoxy) is 1. The van der Waals surface area contributed by atoms with Crippen LogP contribution in [-0.2, 0) is 0 Å². The molecule has 0 saturated carbocycles. The van der Waals surface area contributed by atoms with Crippen LogP contribution in [0.5, 0.6) is 5.88 Å². The summed E-state index contributed by atoms with van der Waals surface area (Å²) in [7, 11) is 1.56. The molecule has 3 heteroatoms. The molecule has 0 unspecified atom stereocenters. The van der Waals surface area contributed by atoms with Crippen molar-refractivity contribution in [2.75, 3.05) is 7.11 Å². The average Bonchev–Trinajstić information content (AvgIpc) is 2.32. The SMILES string of the molecule is COc1ncccc1-c1cc(F)ccc1C. The van der Waals surface area contributed by atoms with Crippen LogP contribution >= 0.6 is 0 Å². The monoisotopic (exact) mass is 217 g/mol. The average molecular weight is 217 g/mol. The van der Waals surface area contributed by atoms with Gasteiger partial charge in [-0.3, -0.25) is 0 Å². The van der Waals surface area contributed by atoms with E-state index in [1.54, 1.807) is 19.4 Å². The quantitative estimate of drug-likeness (QED) is 0.770. The molecule has 0 N–H and O–H groups in total. The van der Waals surface area contributed by atoms with E-state index in [4.69, 9.17) is 4.74 Å². The smallest absolute Gasteiger partial charge is 0.221 e. The minimum Gasteiger partial charge on any atom is -0.481 e. The van der Waals surface area contributed by atoms with Crippen molar-refractivity contribution in [3.63, 3.8) is 0 Å². The Hall–Kier alpha value is -1.90. The van der Waals surface area contributed by atoms with E-state index in [-0.39, 0.29) is 5.82 Å². The van der Waals surface area contributed by atoms with Crippen LogP contribution in [0, 0.1) is 12.7 Å². The van der Waals surface area contributed by atoms with Crippen molar-refractivity contribution in [1.82, 2.24) is 4.98 Å². The second-order valence-electron chi connectivity index (χ2n) is 3.52. The summed E-state index contributed by atoms with van der Waals surface area (Å²) in [5.41, 5.74) is 2.61. The summed E-state index contributed by atoms with van der Waals surface area (Å²) in [5, 5.41) is 0. The molecule has 0 aliphatic heterocycles. The molecule has 0 radical (unpaired) electrons. The summed E-state index contributed by atoms with van der Waals surface area (Å²) in [6.07, 6.45) is 1.65. The zero-order chi connectivity index (χ0) is 11.5. The number of aromatic nitrogens is 1. The maximum absolute atomic E-state index is 13.2. The van der Waals surface area contributed by atoms with Crippen LogP contribution in [0.15, 0.2) is 36.5 Å². The van der Waals surface area contributed by atoms with E-state index in [9.17, 15) is 4.39 Å². The van der Waals surface area contributed by atoms with Crippen molar-refractivity contribution < 1.29 is 9.13 Å². The molecule has 0 fully saturated rings. The molecule has 0 saturated heterocycles. The Morgan fingerprint density at radius 2 is 2.00 bits per heavy atom. The lowest BCUT2D eigenvalue weighted by Crippen LogP contribution is -1.93. The minimum absolute atomic E-state index is 0.258. The van der Waals surface area contributed by atoms with E-state index >= 15 is 0 Å². The number of aryl methyl sites for hydroxylation is 1. The number of benzene rings is 1. The van der Waals surface area contributed by atoms with E-state index in [0.29, 0.717) is 5.88 Å². The fraction of sp³-hybridized carbons (Fsp3) is 0.154. The molecule has 0 bridgehead atoms. The normalized spacial score (nSPS) is 10.2. The molecule has 16 heavy (non-hydrogen) atoms. The van der Waals surface area contributed by atoms with E-state index in [2.05, 4.69) is 4.98 Å². The molecular formula is C13H12FNO. The number of methoxy groups -OCH3 is 1. The molecule has 1 aromatic heterocycles. The van der Waals surface area contributed by atoms with Gasteiger partial charge in [0.15, 0.2) is 0 Å². The first-order chi connectivity index (χ1) is 7.72. The third kappa shape index (κ3) is 1.89. The Kier molecular flexibility index (Phi) is 2.86. The van der Waals surface area contributed by atoms with Gasteiger partial charge in [0.25, 0.3) is 0 Å². The first-order valence-electron chi connectivity index (χ1n) is 4.98. The zero-order valence-corrected chi connectivity index (χ0v) is 9.20. The molecule has 0 spiro atoms. The van der Waals surface area contributed by atoms with Crippen molar-refractivity contribution in [3.05, 3.63) is 47.9 Å². The van der Waals surface area contributed by atoms with Crippen LogP contribution < -0.4 is 4.74 Å². The van der Waals surface area contributed by atoms with Gasteiger partial charge in [0.2, 0.25) is 5.88 Å². The van der Waals surface area contributed by atoms with Gasteiger partial charge in [-0.1, -0.05) is 6.07 Å². The fourth-order valence-corrected chi connectivity index (χ4v) is 1.64. The second kappa shape index (κ2) is 4.31. The van der Waals surface area contributed by atoms with Gasteiger partial charge in [0, 0.05) is 11.8 Å². The Morgan fingerprint density at radius 1 is 1.19 bits per heavy atom. The van der Waals surface area contributed by atoms with E-state index in [0.717, 1.165) is 16.7 Å². The van der Waals surface area contributed by atoms with Crippen molar-refractivity contribution in [2.24, 2.45) is 0 Å². The van der Waals surface area contributed by atoms with Gasteiger partial charge in [0.1, 0.15) is 5.82 Å². The molecule has 0 amide bonds. The summed E-state index contributed by atoms with van der Waals surface area (Å²) in [5.74, 6) is 0.253. The molecule has 1 heterocycles. The van der Waals surface area contributed by atoms with Crippen LogP contribution in [0.2, 0.25) is 0 Å². The lowest BCUT2D eigenvalue weighted by Gasteiger charge is -2.09. The standard InChI is InChI=1S/C13H12FNO/c1-9-5-6-10(14)8-12(9)11-4-3-7-15-13(11)16-2/h3-8H,1-2H3. The molecular weight excluding hydrogens is 205 g/mol. The highest BCUT2D eigenvalue weighted by molar-refractivity contribution is 5.71. The van der Waals surface area contributed by atoms with E-state index < -0.39 is 0 Å². The summed E-state index contributed by atoms with van der Waals surface area (Å²) >= 11 is 0. The maximum atomic E-state index is 13.2. The van der Waals surface area contributed by atoms with E-state index in [1.165, 1.54) is 12.1 Å². The molecule has 2 rings (SSSR count). The van der Waals surface area contributed by atoms with Crippen LogP contribution in [-0.4, -0.2) is 12.1 Å². The van der Waals surface area contributed by atoms with Crippen molar-refractivity contribution >= 4 is 0 Å². The predicted octanol–water partition coefficient (Wildman–Crippen LogP) is 3.20. The Labute approximate surface area is 93.7 Å². The molecule has 2 aromatic rings. The summed E-state index contributed by atoms with van der Waals surface area (Å²) in [6.45, 7) is 1.93. The largest absolute Gasteiger partial charge is 0.481 e. The number of halogens is 1. The highest BCUT2D eigenvalue weighted by Gasteiger charge is 2.09. The third-order valence-corrected chi connectivity index (χ3v) is 2.45. The van der Waals surface area contributed by atoms with Gasteiger partial charge >= 0.3 is 0 Å². The third-order valence-electron chi connectivity index (χ3n) is 2.45. The van der Waals surface area contributed by atoms with Crippen LogP contribution in [0.1, 0.15) is 5.56 Å². The summed E-state index contributed by atoms with van der Waals surface area (Å²) < 4.78 is 18.4. The van der Waals surface area contributed by atoms with E-state index in [1.807, 2.05) is 19.1 Å². The second-order valence-corrected chi connectivity index (χ2v) is 3.52. The molecule has 82 valence electrons. The highest BCUT2D eigenvalue weighted by atomic mass is 19.1. The van der Waals surface area contributed by atoms with Crippen LogP contribution in [0.3, 0.4) is 0 Å². The Morgan fingerprint density at radius 3 is 2.75 bits per heavy atom. The van der Waals surface area contributed by atoms with Crippen molar-refractivity contribution in [3.8, 4) is 17.0 Å². The molecule has 0 aliphatic carbocycles. The molecule has 1 aromatic carbocycles. The van der Waals surface area contributed by atoms with Crippen molar-refractivity contribution in [1.29, 1.82) is 0 Å². The number of rotatable bonds is 2. The Bertz CT molecular complexity index is 511. The lowest BCUT2D eigenvalue weighted by atomic mass is 10.0. The highest BCUT2D eigenvalue weighted by Crippen LogP contribution is 2.30. The Balaban J connectivity index is 2.62. The zero-order valence-electron chi connectivity index (χ0n) is 9.20. The first kappa shape index (κ1) is 10.6. The molecule has 0 aliphatic rings. The minimum atomic E-state index is -0.258. The van der Waals surface area contributed by atoms with Gasteiger partial charge in [-0.15, -0.1) is 0 Å². The number of pyridine rings is 1. The van der Waals surface area contributed by atoms with Gasteiger partial charge < -0.3 is 4.74 Å². The maximum Gasteiger partial charge on any atom is 0.221 e. The van der Waals surface area contributed by atoms with Crippen LogP contribution in [0.25, 0.3) is 11.1 Å².